The molecule has 10 heteroatoms. The number of nitrogens with one attached hydrogen (secondary N) is 1. The van der Waals surface area contributed by atoms with Gasteiger partial charge in [-0.3, -0.25) is 5.10 Å². The summed E-state index contributed by atoms with van der Waals surface area (Å²) in [5.74, 6) is 1.01. The second-order valence-electron chi connectivity index (χ2n) is 5.93. The molecule has 5 rings (SSSR count). The lowest BCUT2D eigenvalue weighted by molar-refractivity contribution is 0.192. The van der Waals surface area contributed by atoms with Crippen molar-refractivity contribution < 1.29 is 9.29 Å². The van der Waals surface area contributed by atoms with E-state index in [1.165, 1.54) is 11.3 Å². The molecule has 0 bridgehead atoms. The van der Waals surface area contributed by atoms with Crippen LogP contribution in [0.25, 0.3) is 37.3 Å². The summed E-state index contributed by atoms with van der Waals surface area (Å²) in [6.07, 6.45) is 3.62. The van der Waals surface area contributed by atoms with Crippen molar-refractivity contribution in [1.82, 2.24) is 24.6 Å². The van der Waals surface area contributed by atoms with E-state index >= 15 is 0 Å². The van der Waals surface area contributed by atoms with Crippen LogP contribution in [0.15, 0.2) is 28.0 Å². The number of aryl methyl sites for hydroxylation is 1. The number of pyridine rings is 1. The van der Waals surface area contributed by atoms with Gasteiger partial charge in [0.05, 0.1) is 17.1 Å². The maximum Gasteiger partial charge on any atom is 0.236 e. The monoisotopic (exact) mass is 417 g/mol. The Hall–Kier alpha value is -1.98. The first kappa shape index (κ1) is 17.1. The highest BCUT2D eigenvalue weighted by molar-refractivity contribution is 7.93. The lowest BCUT2D eigenvalue weighted by Crippen LogP contribution is -2.09. The number of hydrogen-bond acceptors (Lipinski definition) is 7. The smallest absolute Gasteiger partial charge is 0.236 e. The molecular weight excluding hydrogens is 402 g/mol. The molecule has 5 heterocycles. The number of H-pyrrole nitrogens is 1. The molecule has 0 amide bonds. The first-order valence-electron chi connectivity index (χ1n) is 8.32. The number of imidazole rings is 1. The third-order valence-electron chi connectivity index (χ3n) is 4.32. The van der Waals surface area contributed by atoms with Crippen LogP contribution in [0.1, 0.15) is 12.7 Å². The molecule has 1 unspecified atom stereocenters. The molecule has 1 atom stereocenters. The molecule has 138 valence electrons. The minimum atomic E-state index is -1.27. The van der Waals surface area contributed by atoms with E-state index < -0.39 is 11.2 Å². The number of thiophene rings is 1. The number of nitrogens with zero attached hydrogens (tertiary/aromatic N) is 4. The molecule has 7 nitrogen and oxygen atoms in total. The van der Waals surface area contributed by atoms with E-state index in [1.54, 1.807) is 17.5 Å². The normalized spacial score (nSPS) is 13.3. The number of thiazole rings is 1. The van der Waals surface area contributed by atoms with E-state index in [0.29, 0.717) is 6.61 Å². The van der Waals surface area contributed by atoms with Crippen molar-refractivity contribution in [2.75, 3.05) is 12.5 Å². The molecule has 27 heavy (non-hydrogen) atoms. The Morgan fingerprint density at radius 2 is 2.26 bits per heavy atom. The number of ether oxygens (including phenoxy) is 1. The molecular formula is C17H15N5O2S3. The molecule has 0 aliphatic rings. The second-order valence-corrected chi connectivity index (χ2v) is 9.42. The Kier molecular flexibility index (Phi) is 4.17. The molecule has 0 aromatic carbocycles. The highest BCUT2D eigenvalue weighted by Crippen LogP contribution is 2.40. The van der Waals surface area contributed by atoms with Gasteiger partial charge in [0.2, 0.25) is 10.1 Å². The van der Waals surface area contributed by atoms with Gasteiger partial charge in [-0.1, -0.05) is 11.3 Å². The summed E-state index contributed by atoms with van der Waals surface area (Å²) >= 11 is 1.72. The van der Waals surface area contributed by atoms with Crippen LogP contribution in [-0.4, -0.2) is 41.7 Å². The maximum atomic E-state index is 12.8. The molecule has 0 radical (unpaired) electrons. The van der Waals surface area contributed by atoms with Crippen molar-refractivity contribution >= 4 is 60.5 Å². The zero-order valence-corrected chi connectivity index (χ0v) is 17.0. The number of hydrogen-bond donors (Lipinski definition) is 1. The molecule has 0 aliphatic carbocycles. The molecule has 0 fully saturated rings. The van der Waals surface area contributed by atoms with E-state index in [9.17, 15) is 4.55 Å². The predicted molar refractivity (Wildman–Crippen MR) is 109 cm³/mol. The Morgan fingerprint density at radius 1 is 1.37 bits per heavy atom. The molecule has 0 spiro atoms. The fraction of sp³-hybridized carbons (Fsp3) is 0.235. The van der Waals surface area contributed by atoms with Crippen LogP contribution in [0.4, 0.5) is 0 Å². The number of aromatic amines is 1. The third kappa shape index (κ3) is 2.67. The van der Waals surface area contributed by atoms with Crippen molar-refractivity contribution in [3.05, 3.63) is 29.7 Å². The van der Waals surface area contributed by atoms with Crippen LogP contribution >= 0.6 is 22.7 Å². The first-order chi connectivity index (χ1) is 13.2. The minimum absolute atomic E-state index is 0.169. The van der Waals surface area contributed by atoms with Gasteiger partial charge in [-0.05, 0) is 19.9 Å². The fourth-order valence-electron chi connectivity index (χ4n) is 3.10. The van der Waals surface area contributed by atoms with Gasteiger partial charge in [0, 0.05) is 34.7 Å². The van der Waals surface area contributed by atoms with Crippen LogP contribution in [-0.2, 0) is 15.9 Å². The van der Waals surface area contributed by atoms with E-state index in [4.69, 9.17) is 9.72 Å². The van der Waals surface area contributed by atoms with Gasteiger partial charge in [-0.15, -0.1) is 11.3 Å². The standard InChI is InChI=1S/C17H15N5O2S3/c1-3-24-8-27(23)17-14-13-10(12-7-19-9(2)22(12)21-14)6-11(20-16(13)26-17)15-18-4-5-25-15/h4-7,21H,3,8H2,1-2H3. The molecule has 0 saturated carbocycles. The fourth-order valence-corrected chi connectivity index (χ4v) is 6.14. The maximum absolute atomic E-state index is 12.8. The molecule has 5 aromatic heterocycles. The Morgan fingerprint density at radius 3 is 3.04 bits per heavy atom. The largest absolute Gasteiger partial charge is 0.609 e. The zero-order valence-electron chi connectivity index (χ0n) is 14.6. The van der Waals surface area contributed by atoms with Gasteiger partial charge in [0.15, 0.2) is 0 Å². The van der Waals surface area contributed by atoms with Crippen LogP contribution in [0.2, 0.25) is 0 Å². The van der Waals surface area contributed by atoms with Gasteiger partial charge in [0.1, 0.15) is 26.9 Å². The van der Waals surface area contributed by atoms with Crippen molar-refractivity contribution in [1.29, 1.82) is 0 Å². The molecule has 5 aromatic rings. The number of rotatable bonds is 5. The van der Waals surface area contributed by atoms with Crippen LogP contribution in [0, 0.1) is 6.92 Å². The lowest BCUT2D eigenvalue weighted by Gasteiger charge is -2.09. The number of fused-ring (bicyclic) bond motifs is 2. The Labute approximate surface area is 165 Å². The minimum Gasteiger partial charge on any atom is -0.609 e. The molecule has 0 saturated heterocycles. The van der Waals surface area contributed by atoms with Gasteiger partial charge in [-0.25, -0.2) is 19.5 Å². The zero-order chi connectivity index (χ0) is 18.5. The lowest BCUT2D eigenvalue weighted by atomic mass is 10.1. The van der Waals surface area contributed by atoms with Crippen molar-refractivity contribution in [2.24, 2.45) is 0 Å². The van der Waals surface area contributed by atoms with Gasteiger partial charge in [-0.2, -0.15) is 0 Å². The predicted octanol–water partition coefficient (Wildman–Crippen LogP) is 3.96. The van der Waals surface area contributed by atoms with Crippen molar-refractivity contribution in [3.8, 4) is 10.7 Å². The van der Waals surface area contributed by atoms with Gasteiger partial charge < -0.3 is 9.29 Å². The Balaban J connectivity index is 1.85. The third-order valence-corrected chi connectivity index (χ3v) is 7.80. The summed E-state index contributed by atoms with van der Waals surface area (Å²) in [6.45, 7) is 4.36. The first-order valence-corrected chi connectivity index (χ1v) is 11.3. The van der Waals surface area contributed by atoms with E-state index in [1.807, 2.05) is 36.0 Å². The second kappa shape index (κ2) is 6.57. The molecule has 0 aliphatic heterocycles. The van der Waals surface area contributed by atoms with Crippen molar-refractivity contribution in [2.45, 2.75) is 18.1 Å². The van der Waals surface area contributed by atoms with E-state index in [0.717, 1.165) is 47.4 Å². The van der Waals surface area contributed by atoms with Gasteiger partial charge >= 0.3 is 0 Å². The summed E-state index contributed by atoms with van der Waals surface area (Å²) in [5, 5.41) is 8.18. The summed E-state index contributed by atoms with van der Waals surface area (Å²) in [4.78, 5) is 14.5. The summed E-state index contributed by atoms with van der Waals surface area (Å²) < 4.78 is 20.9. The Bertz CT molecular complexity index is 1250. The highest BCUT2D eigenvalue weighted by Gasteiger charge is 2.25. The van der Waals surface area contributed by atoms with Gasteiger partial charge in [0.25, 0.3) is 0 Å². The summed E-state index contributed by atoms with van der Waals surface area (Å²) in [6, 6.07) is 2.04. The average Bonchev–Trinajstić information content (AvgIpc) is 3.40. The molecule has 1 N–H and O–H groups in total. The topological polar surface area (TPSA) is 91.2 Å². The summed E-state index contributed by atoms with van der Waals surface area (Å²) in [7, 11) is 0. The summed E-state index contributed by atoms with van der Waals surface area (Å²) in [5.41, 5.74) is 2.61. The highest BCUT2D eigenvalue weighted by atomic mass is 32.2. The van der Waals surface area contributed by atoms with E-state index in [2.05, 4.69) is 15.1 Å². The average molecular weight is 418 g/mol. The number of aromatic nitrogens is 5. The quantitative estimate of drug-likeness (QED) is 0.437. The SMILES string of the molecule is CCOC[S+]([O-])c1sc2nc(-c3nccs3)cc3c2c1[nH]n1c(C)ncc31. The van der Waals surface area contributed by atoms with Crippen LogP contribution in [0.5, 0.6) is 0 Å². The van der Waals surface area contributed by atoms with Crippen molar-refractivity contribution in [3.63, 3.8) is 0 Å². The van der Waals surface area contributed by atoms with Crippen LogP contribution < -0.4 is 0 Å². The van der Waals surface area contributed by atoms with E-state index in [-0.39, 0.29) is 5.94 Å². The van der Waals surface area contributed by atoms with Crippen LogP contribution in [0.3, 0.4) is 0 Å².